The minimum absolute atomic E-state index is 0.111. The predicted octanol–water partition coefficient (Wildman–Crippen LogP) is 4.05. The van der Waals surface area contributed by atoms with E-state index in [-0.39, 0.29) is 31.5 Å². The summed E-state index contributed by atoms with van der Waals surface area (Å²) in [7, 11) is 1.64. The van der Waals surface area contributed by atoms with Gasteiger partial charge in [0.2, 0.25) is 5.91 Å². The molecule has 214 valence electrons. The first-order valence-corrected chi connectivity index (χ1v) is 14.2. The van der Waals surface area contributed by atoms with E-state index in [0.29, 0.717) is 25.4 Å². The van der Waals surface area contributed by atoms with Gasteiger partial charge in [-0.1, -0.05) is 55.5 Å². The number of carbonyl (C=O) groups excluding carboxylic acids is 2. The van der Waals surface area contributed by atoms with Crippen LogP contribution < -0.4 is 14.8 Å². The third-order valence-electron chi connectivity index (χ3n) is 7.25. The number of piperazine rings is 1. The van der Waals surface area contributed by atoms with Gasteiger partial charge in [0.05, 0.1) is 26.7 Å². The monoisotopic (exact) mass is 547 g/mol. The van der Waals surface area contributed by atoms with Crippen LogP contribution in [-0.4, -0.2) is 80.8 Å². The van der Waals surface area contributed by atoms with Crippen LogP contribution in [0.2, 0.25) is 0 Å². The summed E-state index contributed by atoms with van der Waals surface area (Å²) in [6, 6.07) is 19.6. The molecule has 1 heterocycles. The Morgan fingerprint density at radius 1 is 0.925 bits per heavy atom. The molecule has 0 aliphatic carbocycles. The van der Waals surface area contributed by atoms with Crippen molar-refractivity contribution in [1.29, 1.82) is 0 Å². The molecule has 8 heteroatoms. The highest BCUT2D eigenvalue weighted by Crippen LogP contribution is 2.33. The number of amides is 1. The molecule has 0 aromatic heterocycles. The summed E-state index contributed by atoms with van der Waals surface area (Å²) in [5.41, 5.74) is 2.49. The average Bonchev–Trinajstić information content (AvgIpc) is 2.98. The molecule has 1 amide bonds. The number of methoxy groups -OCH3 is 1. The van der Waals surface area contributed by atoms with E-state index in [1.807, 2.05) is 36.4 Å². The minimum Gasteiger partial charge on any atom is -0.496 e. The fraction of sp³-hybridized carbons (Fsp3) is 0.438. The topological polar surface area (TPSA) is 80.3 Å². The quantitative estimate of drug-likeness (QED) is 0.256. The Bertz CT molecular complexity index is 1260. The molecule has 3 aromatic carbocycles. The number of nitrogens with zero attached hydrogens (tertiary/aromatic N) is 2. The van der Waals surface area contributed by atoms with Crippen LogP contribution in [-0.2, 0) is 27.3 Å². The lowest BCUT2D eigenvalue weighted by molar-refractivity contribution is -0.158. The van der Waals surface area contributed by atoms with Crippen LogP contribution in [0.5, 0.6) is 11.5 Å². The number of benzene rings is 3. The van der Waals surface area contributed by atoms with E-state index in [9.17, 15) is 9.59 Å². The Balaban J connectivity index is 1.35. The van der Waals surface area contributed by atoms with E-state index in [0.717, 1.165) is 42.6 Å². The van der Waals surface area contributed by atoms with Gasteiger partial charge < -0.3 is 24.4 Å². The van der Waals surface area contributed by atoms with Gasteiger partial charge in [0.25, 0.3) is 0 Å². The number of carbonyl (C=O) groups is 2. The van der Waals surface area contributed by atoms with Crippen LogP contribution in [0.15, 0.2) is 60.7 Å². The summed E-state index contributed by atoms with van der Waals surface area (Å²) in [4.78, 5) is 30.0. The first-order chi connectivity index (χ1) is 19.5. The van der Waals surface area contributed by atoms with Gasteiger partial charge in [0, 0.05) is 37.0 Å². The third kappa shape index (κ3) is 7.52. The zero-order valence-corrected chi connectivity index (χ0v) is 23.9. The van der Waals surface area contributed by atoms with Gasteiger partial charge in [-0.15, -0.1) is 0 Å². The molecule has 40 heavy (non-hydrogen) atoms. The maximum atomic E-state index is 13.3. The Morgan fingerprint density at radius 2 is 1.62 bits per heavy atom. The number of nitrogens with one attached hydrogen (secondary N) is 1. The van der Waals surface area contributed by atoms with Crippen molar-refractivity contribution in [1.82, 2.24) is 15.1 Å². The maximum absolute atomic E-state index is 13.3. The van der Waals surface area contributed by atoms with Crippen LogP contribution in [0.25, 0.3) is 10.8 Å². The van der Waals surface area contributed by atoms with E-state index < -0.39 is 6.04 Å². The van der Waals surface area contributed by atoms with Crippen molar-refractivity contribution in [3.8, 4) is 11.5 Å². The van der Waals surface area contributed by atoms with Crippen LogP contribution in [0.1, 0.15) is 31.4 Å². The summed E-state index contributed by atoms with van der Waals surface area (Å²) in [6.07, 6.45) is 1.17. The highest BCUT2D eigenvalue weighted by Gasteiger charge is 2.36. The molecule has 1 aliphatic rings. The highest BCUT2D eigenvalue weighted by atomic mass is 16.5. The summed E-state index contributed by atoms with van der Waals surface area (Å²) in [6.45, 7) is 8.64. The zero-order chi connectivity index (χ0) is 28.3. The first kappa shape index (κ1) is 29.4. The van der Waals surface area contributed by atoms with Crippen LogP contribution in [0.3, 0.4) is 0 Å². The summed E-state index contributed by atoms with van der Waals surface area (Å²) in [5.74, 6) is 1.000. The molecule has 8 nitrogen and oxygen atoms in total. The maximum Gasteiger partial charge on any atom is 0.330 e. The van der Waals surface area contributed by atoms with Crippen LogP contribution >= 0.6 is 0 Å². The van der Waals surface area contributed by atoms with E-state index in [1.54, 1.807) is 18.9 Å². The molecule has 3 aromatic rings. The van der Waals surface area contributed by atoms with E-state index in [2.05, 4.69) is 41.4 Å². The van der Waals surface area contributed by atoms with Gasteiger partial charge >= 0.3 is 5.97 Å². The van der Waals surface area contributed by atoms with Gasteiger partial charge in [-0.05, 0) is 49.7 Å². The Labute approximate surface area is 237 Å². The van der Waals surface area contributed by atoms with E-state index in [1.165, 1.54) is 11.1 Å². The molecular formula is C32H41N3O5. The Kier molecular flexibility index (Phi) is 10.8. The number of esters is 1. The summed E-state index contributed by atoms with van der Waals surface area (Å²) < 4.78 is 16.8. The standard InChI is InChI=1S/C32H41N3O5/c1-4-33-18-16-24-10-12-25(13-11-24)22-34-19-20-35(28(23-34)32(37)39-5-2)31(36)17-21-40-30-15-14-29(38-3)26-8-6-7-9-27(26)30/h6-15,28,33H,4-5,16-23H2,1-3H3. The van der Waals surface area contributed by atoms with Crippen molar-refractivity contribution in [3.63, 3.8) is 0 Å². The largest absolute Gasteiger partial charge is 0.496 e. The fourth-order valence-electron chi connectivity index (χ4n) is 5.14. The molecule has 1 saturated heterocycles. The van der Waals surface area contributed by atoms with Crippen molar-refractivity contribution in [2.24, 2.45) is 0 Å². The lowest BCUT2D eigenvalue weighted by Gasteiger charge is -2.40. The summed E-state index contributed by atoms with van der Waals surface area (Å²) in [5, 5.41) is 5.23. The van der Waals surface area contributed by atoms with Crippen molar-refractivity contribution in [2.45, 2.75) is 39.3 Å². The molecule has 0 bridgehead atoms. The second-order valence-corrected chi connectivity index (χ2v) is 9.92. The number of hydrogen-bond donors (Lipinski definition) is 1. The highest BCUT2D eigenvalue weighted by molar-refractivity contribution is 5.93. The Hall–Kier alpha value is -3.62. The van der Waals surface area contributed by atoms with Crippen LogP contribution in [0.4, 0.5) is 0 Å². The van der Waals surface area contributed by atoms with Crippen molar-refractivity contribution >= 4 is 22.6 Å². The Morgan fingerprint density at radius 3 is 2.33 bits per heavy atom. The first-order valence-electron chi connectivity index (χ1n) is 14.2. The lowest BCUT2D eigenvalue weighted by Crippen LogP contribution is -2.58. The second-order valence-electron chi connectivity index (χ2n) is 9.92. The predicted molar refractivity (Wildman–Crippen MR) is 157 cm³/mol. The van der Waals surface area contributed by atoms with E-state index in [4.69, 9.17) is 14.2 Å². The lowest BCUT2D eigenvalue weighted by atomic mass is 10.1. The summed E-state index contributed by atoms with van der Waals surface area (Å²) >= 11 is 0. The van der Waals surface area contributed by atoms with Crippen molar-refractivity contribution in [3.05, 3.63) is 71.8 Å². The molecule has 4 rings (SSSR count). The third-order valence-corrected chi connectivity index (χ3v) is 7.25. The number of rotatable bonds is 13. The van der Waals surface area contributed by atoms with Gasteiger partial charge in [0.1, 0.15) is 17.5 Å². The number of likely N-dealkylation sites (N-methyl/N-ethyl adjacent to an activating group) is 1. The number of fused-ring (bicyclic) bond motifs is 1. The molecule has 1 aliphatic heterocycles. The van der Waals surface area contributed by atoms with Gasteiger partial charge in [0.15, 0.2) is 0 Å². The molecule has 1 fully saturated rings. The molecule has 1 atom stereocenters. The average molecular weight is 548 g/mol. The molecule has 1 N–H and O–H groups in total. The second kappa shape index (κ2) is 14.7. The van der Waals surface area contributed by atoms with Gasteiger partial charge in [-0.25, -0.2) is 4.79 Å². The SMILES string of the molecule is CCNCCc1ccc(CN2CCN(C(=O)CCOc3ccc(OC)c4ccccc34)C(C(=O)OCC)C2)cc1. The molecular weight excluding hydrogens is 506 g/mol. The van der Waals surface area contributed by atoms with Gasteiger partial charge in [-0.2, -0.15) is 0 Å². The van der Waals surface area contributed by atoms with E-state index >= 15 is 0 Å². The smallest absolute Gasteiger partial charge is 0.330 e. The molecule has 1 unspecified atom stereocenters. The van der Waals surface area contributed by atoms with Crippen molar-refractivity contribution in [2.75, 3.05) is 53.0 Å². The molecule has 0 saturated carbocycles. The number of hydrogen-bond acceptors (Lipinski definition) is 7. The van der Waals surface area contributed by atoms with Gasteiger partial charge in [-0.3, -0.25) is 9.69 Å². The fourth-order valence-corrected chi connectivity index (χ4v) is 5.14. The molecule has 0 radical (unpaired) electrons. The molecule has 0 spiro atoms. The minimum atomic E-state index is -0.637. The van der Waals surface area contributed by atoms with Crippen LogP contribution in [0, 0.1) is 0 Å². The zero-order valence-electron chi connectivity index (χ0n) is 23.9. The van der Waals surface area contributed by atoms with Crippen molar-refractivity contribution < 1.29 is 23.8 Å². The normalized spacial score (nSPS) is 15.7. The number of ether oxygens (including phenoxy) is 3.